The van der Waals surface area contributed by atoms with Crippen LogP contribution in [0.15, 0.2) is 36.4 Å². The Morgan fingerprint density at radius 1 is 0.789 bits per heavy atom. The molecule has 2 N–H and O–H groups in total. The summed E-state index contributed by atoms with van der Waals surface area (Å²) < 4.78 is 0. The van der Waals surface area contributed by atoms with E-state index < -0.39 is 0 Å². The second-order valence-electron chi connectivity index (χ2n) is 5.98. The molecule has 0 amide bonds. The van der Waals surface area contributed by atoms with Gasteiger partial charge in [0.15, 0.2) is 0 Å². The monoisotopic (exact) mass is 256 g/mol. The molecule has 0 bridgehead atoms. The topological polar surface area (TPSA) is 40.5 Å². The summed E-state index contributed by atoms with van der Waals surface area (Å²) in [5.74, 6) is 0.630. The van der Waals surface area contributed by atoms with Crippen LogP contribution in [-0.2, 0) is 5.41 Å². The van der Waals surface area contributed by atoms with Crippen LogP contribution in [0.4, 0.5) is 0 Å². The molecule has 0 aromatic heterocycles. The summed E-state index contributed by atoms with van der Waals surface area (Å²) in [6.07, 6.45) is 0. The van der Waals surface area contributed by atoms with Gasteiger partial charge in [-0.2, -0.15) is 0 Å². The van der Waals surface area contributed by atoms with Crippen LogP contribution in [0.2, 0.25) is 0 Å². The van der Waals surface area contributed by atoms with Gasteiger partial charge in [0.25, 0.3) is 0 Å². The molecule has 0 spiro atoms. The molecule has 0 aliphatic rings. The number of phenols is 2. The van der Waals surface area contributed by atoms with E-state index in [1.165, 1.54) is 0 Å². The lowest BCUT2D eigenvalue weighted by atomic mass is 9.84. The predicted octanol–water partition coefficient (Wildman–Crippen LogP) is 4.37. The maximum absolute atomic E-state index is 9.98. The molecule has 0 unspecified atom stereocenters. The highest BCUT2D eigenvalue weighted by Crippen LogP contribution is 2.35. The fourth-order valence-electron chi connectivity index (χ4n) is 2.15. The standard InChI is InChI=1S/C17H20O2/c1-11-9-12(5-7-15(11)18)13-6-8-16(19)14(10-13)17(2,3)4/h5-10,18-19H,1-4H3. The van der Waals surface area contributed by atoms with Gasteiger partial charge in [-0.15, -0.1) is 0 Å². The smallest absolute Gasteiger partial charge is 0.119 e. The third kappa shape index (κ3) is 2.73. The lowest BCUT2D eigenvalue weighted by molar-refractivity contribution is 0.447. The lowest BCUT2D eigenvalue weighted by Gasteiger charge is -2.21. The van der Waals surface area contributed by atoms with E-state index in [1.807, 2.05) is 31.2 Å². The van der Waals surface area contributed by atoms with Crippen molar-refractivity contribution in [2.45, 2.75) is 33.1 Å². The van der Waals surface area contributed by atoms with Crippen molar-refractivity contribution in [1.82, 2.24) is 0 Å². The molecule has 0 fully saturated rings. The van der Waals surface area contributed by atoms with Gasteiger partial charge >= 0.3 is 0 Å². The zero-order valence-corrected chi connectivity index (χ0v) is 11.9. The molecule has 2 nitrogen and oxygen atoms in total. The van der Waals surface area contributed by atoms with Gasteiger partial charge in [-0.3, -0.25) is 0 Å². The number of aryl methyl sites for hydroxylation is 1. The molecule has 2 aromatic rings. The molecule has 2 heteroatoms. The molecular weight excluding hydrogens is 236 g/mol. The molecule has 0 heterocycles. The Kier molecular flexibility index (Phi) is 3.27. The minimum Gasteiger partial charge on any atom is -0.508 e. The Labute approximate surface area is 114 Å². The summed E-state index contributed by atoms with van der Waals surface area (Å²) in [4.78, 5) is 0. The molecule has 0 aliphatic heterocycles. The number of rotatable bonds is 1. The molecule has 2 aromatic carbocycles. The van der Waals surface area contributed by atoms with Gasteiger partial charge < -0.3 is 10.2 Å². The first-order chi connectivity index (χ1) is 8.79. The summed E-state index contributed by atoms with van der Waals surface area (Å²) in [6.45, 7) is 8.11. The van der Waals surface area contributed by atoms with E-state index in [9.17, 15) is 10.2 Å². The summed E-state index contributed by atoms with van der Waals surface area (Å²) >= 11 is 0. The van der Waals surface area contributed by atoms with E-state index >= 15 is 0 Å². The summed E-state index contributed by atoms with van der Waals surface area (Å²) in [7, 11) is 0. The number of aromatic hydroxyl groups is 2. The highest BCUT2D eigenvalue weighted by molar-refractivity contribution is 5.68. The van der Waals surface area contributed by atoms with Crippen molar-refractivity contribution in [2.24, 2.45) is 0 Å². The Balaban J connectivity index is 2.54. The van der Waals surface area contributed by atoms with Crippen molar-refractivity contribution in [1.29, 1.82) is 0 Å². The van der Waals surface area contributed by atoms with Crippen LogP contribution >= 0.6 is 0 Å². The van der Waals surface area contributed by atoms with Crippen molar-refractivity contribution < 1.29 is 10.2 Å². The molecule has 2 rings (SSSR count). The van der Waals surface area contributed by atoms with Crippen LogP contribution in [-0.4, -0.2) is 10.2 Å². The van der Waals surface area contributed by atoms with Crippen LogP contribution in [0.5, 0.6) is 11.5 Å². The first-order valence-corrected chi connectivity index (χ1v) is 6.42. The number of phenolic OH excluding ortho intramolecular Hbond substituents is 2. The van der Waals surface area contributed by atoms with Crippen molar-refractivity contribution in [2.75, 3.05) is 0 Å². The van der Waals surface area contributed by atoms with Crippen LogP contribution in [0.3, 0.4) is 0 Å². The van der Waals surface area contributed by atoms with E-state index in [1.54, 1.807) is 12.1 Å². The minimum absolute atomic E-state index is 0.105. The van der Waals surface area contributed by atoms with Gasteiger partial charge in [0.05, 0.1) is 0 Å². The first kappa shape index (κ1) is 13.5. The van der Waals surface area contributed by atoms with E-state index in [0.29, 0.717) is 11.5 Å². The maximum Gasteiger partial charge on any atom is 0.119 e. The van der Waals surface area contributed by atoms with Crippen LogP contribution < -0.4 is 0 Å². The number of hydrogen-bond donors (Lipinski definition) is 2. The van der Waals surface area contributed by atoms with Crippen LogP contribution in [0.25, 0.3) is 11.1 Å². The number of hydrogen-bond acceptors (Lipinski definition) is 2. The summed E-state index contributed by atoms with van der Waals surface area (Å²) in [5, 5.41) is 19.6. The van der Waals surface area contributed by atoms with Gasteiger partial charge in [-0.05, 0) is 58.9 Å². The first-order valence-electron chi connectivity index (χ1n) is 6.42. The second-order valence-corrected chi connectivity index (χ2v) is 5.98. The van der Waals surface area contributed by atoms with Gasteiger partial charge in [0.2, 0.25) is 0 Å². The predicted molar refractivity (Wildman–Crippen MR) is 78.6 cm³/mol. The molecule has 0 saturated heterocycles. The number of benzene rings is 2. The van der Waals surface area contributed by atoms with E-state index in [-0.39, 0.29) is 5.41 Å². The van der Waals surface area contributed by atoms with Crippen molar-refractivity contribution in [3.05, 3.63) is 47.5 Å². The summed E-state index contributed by atoms with van der Waals surface area (Å²) in [5.41, 5.74) is 3.76. The highest BCUT2D eigenvalue weighted by Gasteiger charge is 2.18. The molecule has 0 radical (unpaired) electrons. The van der Waals surface area contributed by atoms with Crippen LogP contribution in [0, 0.1) is 6.92 Å². The molecule has 0 atom stereocenters. The van der Waals surface area contributed by atoms with Gasteiger partial charge in [0.1, 0.15) is 11.5 Å². The molecule has 100 valence electrons. The fraction of sp³-hybridized carbons (Fsp3) is 0.294. The minimum atomic E-state index is -0.105. The van der Waals surface area contributed by atoms with Gasteiger partial charge in [0, 0.05) is 0 Å². The second kappa shape index (κ2) is 4.61. The molecule has 19 heavy (non-hydrogen) atoms. The quantitative estimate of drug-likeness (QED) is 0.795. The summed E-state index contributed by atoms with van der Waals surface area (Å²) in [6, 6.07) is 11.2. The maximum atomic E-state index is 9.98. The van der Waals surface area contributed by atoms with E-state index in [0.717, 1.165) is 22.3 Å². The van der Waals surface area contributed by atoms with Crippen LogP contribution in [0.1, 0.15) is 31.9 Å². The Bertz CT molecular complexity index is 607. The van der Waals surface area contributed by atoms with Crippen molar-refractivity contribution >= 4 is 0 Å². The fourth-order valence-corrected chi connectivity index (χ4v) is 2.15. The van der Waals surface area contributed by atoms with E-state index in [2.05, 4.69) is 20.8 Å². The SMILES string of the molecule is Cc1cc(-c2ccc(O)c(C(C)(C)C)c2)ccc1O. The largest absolute Gasteiger partial charge is 0.508 e. The van der Waals surface area contributed by atoms with Gasteiger partial charge in [-0.25, -0.2) is 0 Å². The third-order valence-electron chi connectivity index (χ3n) is 3.33. The van der Waals surface area contributed by atoms with Gasteiger partial charge in [-0.1, -0.05) is 32.9 Å². The zero-order valence-electron chi connectivity index (χ0n) is 11.9. The molecular formula is C17H20O2. The van der Waals surface area contributed by atoms with Crippen molar-refractivity contribution in [3.8, 4) is 22.6 Å². The highest BCUT2D eigenvalue weighted by atomic mass is 16.3. The molecule has 0 aliphatic carbocycles. The lowest BCUT2D eigenvalue weighted by Crippen LogP contribution is -2.11. The third-order valence-corrected chi connectivity index (χ3v) is 3.33. The Morgan fingerprint density at radius 2 is 1.32 bits per heavy atom. The molecule has 0 saturated carbocycles. The average molecular weight is 256 g/mol. The zero-order chi connectivity index (χ0) is 14.2. The van der Waals surface area contributed by atoms with Crippen molar-refractivity contribution in [3.63, 3.8) is 0 Å². The Hall–Kier alpha value is -1.96. The van der Waals surface area contributed by atoms with E-state index in [4.69, 9.17) is 0 Å². The normalized spacial score (nSPS) is 11.6. The Morgan fingerprint density at radius 3 is 1.84 bits per heavy atom. The average Bonchev–Trinajstić information content (AvgIpc) is 2.32.